The molecule has 0 amide bonds. The van der Waals surface area contributed by atoms with E-state index in [1.165, 1.54) is 5.69 Å². The molecule has 0 radical (unpaired) electrons. The van der Waals surface area contributed by atoms with Crippen LogP contribution in [0, 0.1) is 5.92 Å². The van der Waals surface area contributed by atoms with Crippen molar-refractivity contribution in [1.82, 2.24) is 5.32 Å². The van der Waals surface area contributed by atoms with Crippen molar-refractivity contribution < 1.29 is 9.47 Å². The molecule has 4 nitrogen and oxygen atoms in total. The number of methoxy groups -OCH3 is 2. The predicted molar refractivity (Wildman–Crippen MR) is 83.0 cm³/mol. The van der Waals surface area contributed by atoms with Crippen molar-refractivity contribution in [2.45, 2.75) is 32.4 Å². The van der Waals surface area contributed by atoms with Crippen molar-refractivity contribution in [3.05, 3.63) is 18.2 Å². The molecule has 1 aromatic carbocycles. The van der Waals surface area contributed by atoms with Gasteiger partial charge in [-0.05, 0) is 38.4 Å². The molecular formula is C16H26N2O2. The molecule has 2 rings (SSSR count). The molecule has 1 aromatic rings. The third-order valence-electron chi connectivity index (χ3n) is 4.64. The summed E-state index contributed by atoms with van der Waals surface area (Å²) in [7, 11) is 5.40. The third-order valence-corrected chi connectivity index (χ3v) is 4.64. The molecule has 1 aliphatic rings. The minimum Gasteiger partial charge on any atom is -0.493 e. The van der Waals surface area contributed by atoms with Crippen LogP contribution in [0.25, 0.3) is 0 Å². The quantitative estimate of drug-likeness (QED) is 0.917. The van der Waals surface area contributed by atoms with E-state index in [4.69, 9.17) is 9.47 Å². The summed E-state index contributed by atoms with van der Waals surface area (Å²) in [6.45, 7) is 5.68. The lowest BCUT2D eigenvalue weighted by Gasteiger charge is -2.44. The zero-order chi connectivity index (χ0) is 14.7. The maximum Gasteiger partial charge on any atom is 0.162 e. The molecule has 0 aromatic heterocycles. The molecule has 3 atom stereocenters. The Morgan fingerprint density at radius 2 is 1.85 bits per heavy atom. The highest BCUT2D eigenvalue weighted by Gasteiger charge is 2.31. The van der Waals surface area contributed by atoms with Crippen molar-refractivity contribution >= 4 is 5.69 Å². The number of hydrogen-bond donors (Lipinski definition) is 1. The molecule has 1 saturated heterocycles. The van der Waals surface area contributed by atoms with Gasteiger partial charge >= 0.3 is 0 Å². The van der Waals surface area contributed by atoms with E-state index in [1.54, 1.807) is 14.2 Å². The first-order valence-electron chi connectivity index (χ1n) is 7.28. The Kier molecular flexibility index (Phi) is 4.76. The topological polar surface area (TPSA) is 33.7 Å². The summed E-state index contributed by atoms with van der Waals surface area (Å²) < 4.78 is 10.7. The highest BCUT2D eigenvalue weighted by atomic mass is 16.5. The van der Waals surface area contributed by atoms with Gasteiger partial charge in [0.25, 0.3) is 0 Å². The number of benzene rings is 1. The lowest BCUT2D eigenvalue weighted by atomic mass is 9.87. The van der Waals surface area contributed by atoms with Crippen molar-refractivity contribution in [3.63, 3.8) is 0 Å². The zero-order valence-corrected chi connectivity index (χ0v) is 13.1. The largest absolute Gasteiger partial charge is 0.493 e. The molecule has 1 heterocycles. The maximum atomic E-state index is 5.41. The minimum atomic E-state index is 0.499. The normalized spacial score (nSPS) is 26.4. The first-order valence-corrected chi connectivity index (χ1v) is 7.28. The summed E-state index contributed by atoms with van der Waals surface area (Å²) in [5, 5.41) is 3.43. The molecule has 1 N–H and O–H groups in total. The van der Waals surface area contributed by atoms with Crippen LogP contribution in [-0.2, 0) is 0 Å². The molecule has 0 spiro atoms. The van der Waals surface area contributed by atoms with Gasteiger partial charge in [-0.3, -0.25) is 0 Å². The summed E-state index contributed by atoms with van der Waals surface area (Å²) in [5.74, 6) is 2.18. The van der Waals surface area contributed by atoms with E-state index < -0.39 is 0 Å². The second-order valence-electron chi connectivity index (χ2n) is 5.52. The molecule has 20 heavy (non-hydrogen) atoms. The molecule has 0 aliphatic carbocycles. The maximum absolute atomic E-state index is 5.41. The van der Waals surface area contributed by atoms with Crippen molar-refractivity contribution in [2.75, 3.05) is 32.7 Å². The van der Waals surface area contributed by atoms with Crippen LogP contribution < -0.4 is 19.7 Å². The van der Waals surface area contributed by atoms with E-state index in [2.05, 4.69) is 43.2 Å². The van der Waals surface area contributed by atoms with Gasteiger partial charge in [-0.15, -0.1) is 0 Å². The van der Waals surface area contributed by atoms with Crippen molar-refractivity contribution in [1.29, 1.82) is 0 Å². The van der Waals surface area contributed by atoms with Gasteiger partial charge in [0.05, 0.1) is 14.2 Å². The minimum absolute atomic E-state index is 0.499. The van der Waals surface area contributed by atoms with Crippen molar-refractivity contribution in [2.24, 2.45) is 5.92 Å². The van der Waals surface area contributed by atoms with Gasteiger partial charge in [-0.1, -0.05) is 6.92 Å². The highest BCUT2D eigenvalue weighted by molar-refractivity contribution is 5.57. The molecular weight excluding hydrogens is 252 g/mol. The Bertz CT molecular complexity index is 450. The molecule has 0 saturated carbocycles. The number of nitrogens with zero attached hydrogens (tertiary/aromatic N) is 1. The van der Waals surface area contributed by atoms with E-state index in [0.717, 1.165) is 24.5 Å². The van der Waals surface area contributed by atoms with Gasteiger partial charge in [0.2, 0.25) is 0 Å². The van der Waals surface area contributed by atoms with E-state index in [-0.39, 0.29) is 0 Å². The highest BCUT2D eigenvalue weighted by Crippen LogP contribution is 2.35. The summed E-state index contributed by atoms with van der Waals surface area (Å²) >= 11 is 0. The van der Waals surface area contributed by atoms with Gasteiger partial charge in [-0.25, -0.2) is 0 Å². The van der Waals surface area contributed by atoms with E-state index >= 15 is 0 Å². The van der Waals surface area contributed by atoms with Crippen LogP contribution in [-0.4, -0.2) is 39.9 Å². The summed E-state index contributed by atoms with van der Waals surface area (Å²) in [5.41, 5.74) is 1.21. The second-order valence-corrected chi connectivity index (χ2v) is 5.52. The zero-order valence-electron chi connectivity index (χ0n) is 13.1. The van der Waals surface area contributed by atoms with E-state index in [1.807, 2.05) is 6.07 Å². The van der Waals surface area contributed by atoms with Crippen LogP contribution in [0.3, 0.4) is 0 Å². The number of hydrogen-bond acceptors (Lipinski definition) is 4. The Morgan fingerprint density at radius 1 is 1.15 bits per heavy atom. The van der Waals surface area contributed by atoms with Gasteiger partial charge in [0, 0.05) is 30.4 Å². The predicted octanol–water partition coefficient (Wildman–Crippen LogP) is 2.53. The number of nitrogens with one attached hydrogen (secondary N) is 1. The van der Waals surface area contributed by atoms with Crippen LogP contribution >= 0.6 is 0 Å². The fraction of sp³-hybridized carbons (Fsp3) is 0.625. The van der Waals surface area contributed by atoms with Gasteiger partial charge < -0.3 is 19.7 Å². The lowest BCUT2D eigenvalue weighted by molar-refractivity contribution is 0.282. The number of piperidine rings is 1. The van der Waals surface area contributed by atoms with Crippen LogP contribution in [0.15, 0.2) is 18.2 Å². The SMILES string of the molecule is CNC1CCN(c2ccc(OC)c(OC)c2)C(C)C1C. The Morgan fingerprint density at radius 3 is 2.45 bits per heavy atom. The van der Waals surface area contributed by atoms with Crippen LogP contribution in [0.5, 0.6) is 11.5 Å². The molecule has 112 valence electrons. The Balaban J connectivity index is 2.23. The molecule has 0 bridgehead atoms. The standard InChI is InChI=1S/C16H26N2O2/c1-11-12(2)18(9-8-14(11)17-3)13-6-7-15(19-4)16(10-13)20-5/h6-7,10-12,14,17H,8-9H2,1-5H3. The van der Waals surface area contributed by atoms with E-state index in [9.17, 15) is 0 Å². The van der Waals surface area contributed by atoms with Crippen LogP contribution in [0.2, 0.25) is 0 Å². The van der Waals surface area contributed by atoms with Crippen LogP contribution in [0.4, 0.5) is 5.69 Å². The first-order chi connectivity index (χ1) is 9.62. The summed E-state index contributed by atoms with van der Waals surface area (Å²) in [4.78, 5) is 2.46. The Hall–Kier alpha value is -1.42. The summed E-state index contributed by atoms with van der Waals surface area (Å²) in [6.07, 6.45) is 1.16. The average molecular weight is 278 g/mol. The molecule has 1 fully saturated rings. The summed E-state index contributed by atoms with van der Waals surface area (Å²) in [6, 6.07) is 7.27. The third kappa shape index (κ3) is 2.70. The molecule has 3 unspecified atom stereocenters. The molecule has 4 heteroatoms. The molecule has 1 aliphatic heterocycles. The Labute approximate surface area is 122 Å². The van der Waals surface area contributed by atoms with Gasteiger partial charge in [0.15, 0.2) is 11.5 Å². The second kappa shape index (κ2) is 6.35. The first kappa shape index (κ1) is 15.0. The average Bonchev–Trinajstić information content (AvgIpc) is 2.49. The lowest BCUT2D eigenvalue weighted by Crippen LogP contribution is -2.52. The fourth-order valence-electron chi connectivity index (χ4n) is 3.14. The van der Waals surface area contributed by atoms with Gasteiger partial charge in [-0.2, -0.15) is 0 Å². The smallest absolute Gasteiger partial charge is 0.162 e. The van der Waals surface area contributed by atoms with E-state index in [0.29, 0.717) is 18.0 Å². The monoisotopic (exact) mass is 278 g/mol. The number of ether oxygens (including phenoxy) is 2. The fourth-order valence-corrected chi connectivity index (χ4v) is 3.14. The number of rotatable bonds is 4. The van der Waals surface area contributed by atoms with Crippen LogP contribution in [0.1, 0.15) is 20.3 Å². The number of anilines is 1. The van der Waals surface area contributed by atoms with Crippen molar-refractivity contribution in [3.8, 4) is 11.5 Å². The van der Waals surface area contributed by atoms with Gasteiger partial charge in [0.1, 0.15) is 0 Å².